The average molecular weight is 280 g/mol. The summed E-state index contributed by atoms with van der Waals surface area (Å²) in [6, 6.07) is 11.9. The Morgan fingerprint density at radius 3 is 2.90 bits per heavy atom. The number of benzene rings is 1. The molecule has 1 amide bonds. The van der Waals surface area contributed by atoms with E-state index in [-0.39, 0.29) is 5.91 Å². The first-order chi connectivity index (χ1) is 10.3. The highest BCUT2D eigenvalue weighted by Crippen LogP contribution is 2.31. The Kier molecular flexibility index (Phi) is 2.81. The minimum atomic E-state index is 0.0825. The molecule has 0 saturated heterocycles. The van der Waals surface area contributed by atoms with Crippen LogP contribution in [0.15, 0.2) is 53.3 Å². The van der Waals surface area contributed by atoms with Crippen LogP contribution in [0, 0.1) is 0 Å². The van der Waals surface area contributed by atoms with Crippen LogP contribution in [0.4, 0.5) is 0 Å². The summed E-state index contributed by atoms with van der Waals surface area (Å²) in [6.07, 6.45) is 5.68. The van der Waals surface area contributed by atoms with Gasteiger partial charge in [-0.1, -0.05) is 6.07 Å². The van der Waals surface area contributed by atoms with Crippen LogP contribution in [0.2, 0.25) is 0 Å². The summed E-state index contributed by atoms with van der Waals surface area (Å²) in [5.41, 5.74) is 1.75. The summed E-state index contributed by atoms with van der Waals surface area (Å²) >= 11 is 0. The molecule has 1 fully saturated rings. The van der Waals surface area contributed by atoms with E-state index in [2.05, 4.69) is 4.98 Å². The van der Waals surface area contributed by atoms with Crippen molar-refractivity contribution in [1.82, 2.24) is 9.88 Å². The first kappa shape index (κ1) is 12.3. The number of rotatable bonds is 4. The molecule has 1 aliphatic carbocycles. The van der Waals surface area contributed by atoms with Crippen LogP contribution < -0.4 is 0 Å². The number of nitrogens with one attached hydrogen (secondary N) is 1. The molecule has 106 valence electrons. The Morgan fingerprint density at radius 1 is 1.24 bits per heavy atom. The second kappa shape index (κ2) is 4.81. The summed E-state index contributed by atoms with van der Waals surface area (Å²) in [4.78, 5) is 18.0. The van der Waals surface area contributed by atoms with Crippen LogP contribution >= 0.6 is 0 Å². The van der Waals surface area contributed by atoms with E-state index in [1.165, 1.54) is 0 Å². The second-order valence-corrected chi connectivity index (χ2v) is 5.49. The molecule has 1 saturated carbocycles. The molecular weight excluding hydrogens is 264 g/mol. The average Bonchev–Trinajstić information content (AvgIpc) is 3.02. The van der Waals surface area contributed by atoms with Gasteiger partial charge in [0.05, 0.1) is 12.8 Å². The fourth-order valence-corrected chi connectivity index (χ4v) is 2.75. The largest absolute Gasteiger partial charge is 0.467 e. The maximum atomic E-state index is 12.9. The predicted molar refractivity (Wildman–Crippen MR) is 79.9 cm³/mol. The van der Waals surface area contributed by atoms with E-state index in [4.69, 9.17) is 4.42 Å². The van der Waals surface area contributed by atoms with Gasteiger partial charge in [-0.3, -0.25) is 4.79 Å². The highest BCUT2D eigenvalue weighted by Gasteiger charge is 2.34. The smallest absolute Gasteiger partial charge is 0.255 e. The number of aromatic nitrogens is 1. The Balaban J connectivity index is 1.69. The van der Waals surface area contributed by atoms with Crippen molar-refractivity contribution >= 4 is 16.8 Å². The summed E-state index contributed by atoms with van der Waals surface area (Å²) in [7, 11) is 0. The molecule has 4 rings (SSSR count). The molecule has 21 heavy (non-hydrogen) atoms. The number of hydrogen-bond acceptors (Lipinski definition) is 2. The Bertz CT molecular complexity index is 769. The van der Waals surface area contributed by atoms with Crippen molar-refractivity contribution in [1.29, 1.82) is 0 Å². The van der Waals surface area contributed by atoms with Crippen molar-refractivity contribution in [2.45, 2.75) is 25.4 Å². The number of hydrogen-bond donors (Lipinski definition) is 1. The van der Waals surface area contributed by atoms with Crippen LogP contribution in [-0.4, -0.2) is 21.8 Å². The maximum absolute atomic E-state index is 12.9. The highest BCUT2D eigenvalue weighted by molar-refractivity contribution is 6.06. The number of fused-ring (bicyclic) bond motifs is 1. The zero-order valence-corrected chi connectivity index (χ0v) is 11.6. The minimum Gasteiger partial charge on any atom is -0.467 e. The van der Waals surface area contributed by atoms with Gasteiger partial charge in [0, 0.05) is 28.7 Å². The number of nitrogens with zero attached hydrogens (tertiary/aromatic N) is 1. The molecule has 2 aromatic heterocycles. The van der Waals surface area contributed by atoms with Gasteiger partial charge in [0.1, 0.15) is 5.76 Å². The number of aromatic amines is 1. The SMILES string of the molecule is O=C(c1cccc2[nH]ccc12)N(Cc1ccco1)C1CC1. The van der Waals surface area contributed by atoms with Gasteiger partial charge in [-0.25, -0.2) is 0 Å². The van der Waals surface area contributed by atoms with Crippen LogP contribution in [0.5, 0.6) is 0 Å². The summed E-state index contributed by atoms with van der Waals surface area (Å²) in [6.45, 7) is 0.539. The van der Waals surface area contributed by atoms with E-state index >= 15 is 0 Å². The quantitative estimate of drug-likeness (QED) is 0.794. The number of amides is 1. The van der Waals surface area contributed by atoms with E-state index in [0.29, 0.717) is 12.6 Å². The van der Waals surface area contributed by atoms with Crippen molar-refractivity contribution in [2.75, 3.05) is 0 Å². The zero-order chi connectivity index (χ0) is 14.2. The van der Waals surface area contributed by atoms with Crippen LogP contribution in [0.3, 0.4) is 0 Å². The monoisotopic (exact) mass is 280 g/mol. The van der Waals surface area contributed by atoms with Gasteiger partial charge in [0.25, 0.3) is 5.91 Å². The molecule has 2 heterocycles. The molecule has 0 radical (unpaired) electrons. The lowest BCUT2D eigenvalue weighted by molar-refractivity contribution is 0.0719. The predicted octanol–water partition coefficient (Wildman–Crippen LogP) is 3.57. The Hall–Kier alpha value is -2.49. The fourth-order valence-electron chi connectivity index (χ4n) is 2.75. The molecule has 4 nitrogen and oxygen atoms in total. The van der Waals surface area contributed by atoms with Gasteiger partial charge in [0.2, 0.25) is 0 Å². The molecule has 4 heteroatoms. The molecule has 0 bridgehead atoms. The first-order valence-electron chi connectivity index (χ1n) is 7.22. The standard InChI is InChI=1S/C17H16N2O2/c20-17(15-4-1-5-16-14(15)8-9-18-16)19(12-6-7-12)11-13-3-2-10-21-13/h1-5,8-10,12,18H,6-7,11H2. The lowest BCUT2D eigenvalue weighted by Crippen LogP contribution is -2.32. The third kappa shape index (κ3) is 2.23. The van der Waals surface area contributed by atoms with Crippen molar-refractivity contribution in [2.24, 2.45) is 0 Å². The lowest BCUT2D eigenvalue weighted by Gasteiger charge is -2.21. The molecule has 0 unspecified atom stereocenters. The van der Waals surface area contributed by atoms with E-state index in [1.54, 1.807) is 6.26 Å². The van der Waals surface area contributed by atoms with Crippen LogP contribution in [0.1, 0.15) is 29.0 Å². The van der Waals surface area contributed by atoms with Gasteiger partial charge in [-0.2, -0.15) is 0 Å². The second-order valence-electron chi connectivity index (χ2n) is 5.49. The summed E-state index contributed by atoms with van der Waals surface area (Å²) < 4.78 is 5.40. The van der Waals surface area contributed by atoms with Gasteiger partial charge in [-0.15, -0.1) is 0 Å². The van der Waals surface area contributed by atoms with Crippen molar-refractivity contribution in [3.63, 3.8) is 0 Å². The number of furan rings is 1. The van der Waals surface area contributed by atoms with Crippen molar-refractivity contribution in [3.8, 4) is 0 Å². The Labute approximate surface area is 122 Å². The zero-order valence-electron chi connectivity index (χ0n) is 11.6. The molecular formula is C17H16N2O2. The van der Waals surface area contributed by atoms with Gasteiger partial charge in [-0.05, 0) is 43.2 Å². The lowest BCUT2D eigenvalue weighted by atomic mass is 10.1. The molecule has 3 aromatic rings. The van der Waals surface area contributed by atoms with Crippen molar-refractivity contribution < 1.29 is 9.21 Å². The van der Waals surface area contributed by atoms with Gasteiger partial charge >= 0.3 is 0 Å². The fraction of sp³-hybridized carbons (Fsp3) is 0.235. The van der Waals surface area contributed by atoms with Gasteiger partial charge in [0.15, 0.2) is 0 Å². The molecule has 0 aliphatic heterocycles. The number of H-pyrrole nitrogens is 1. The van der Waals surface area contributed by atoms with E-state index in [0.717, 1.165) is 35.1 Å². The molecule has 1 N–H and O–H groups in total. The van der Waals surface area contributed by atoms with E-state index < -0.39 is 0 Å². The van der Waals surface area contributed by atoms with Gasteiger partial charge < -0.3 is 14.3 Å². The Morgan fingerprint density at radius 2 is 2.14 bits per heavy atom. The molecule has 0 atom stereocenters. The third-order valence-electron chi connectivity index (χ3n) is 3.98. The van der Waals surface area contributed by atoms with Crippen LogP contribution in [0.25, 0.3) is 10.9 Å². The first-order valence-corrected chi connectivity index (χ1v) is 7.22. The third-order valence-corrected chi connectivity index (χ3v) is 3.98. The molecule has 0 spiro atoms. The molecule has 1 aliphatic rings. The minimum absolute atomic E-state index is 0.0825. The van der Waals surface area contributed by atoms with E-state index in [9.17, 15) is 4.79 Å². The molecule has 1 aromatic carbocycles. The summed E-state index contributed by atoms with van der Waals surface area (Å²) in [5.74, 6) is 0.913. The van der Waals surface area contributed by atoms with Crippen molar-refractivity contribution in [3.05, 3.63) is 60.2 Å². The highest BCUT2D eigenvalue weighted by atomic mass is 16.3. The summed E-state index contributed by atoms with van der Waals surface area (Å²) in [5, 5.41) is 0.979. The number of carbonyl (C=O) groups excluding carboxylic acids is 1. The van der Waals surface area contributed by atoms with Crippen LogP contribution in [-0.2, 0) is 6.54 Å². The number of carbonyl (C=O) groups is 1. The topological polar surface area (TPSA) is 49.2 Å². The normalized spacial score (nSPS) is 14.5. The maximum Gasteiger partial charge on any atom is 0.255 e. The van der Waals surface area contributed by atoms with E-state index in [1.807, 2.05) is 47.5 Å².